The quantitative estimate of drug-likeness (QED) is 0.668. The smallest absolute Gasteiger partial charge is 0.309 e. The first-order valence-corrected chi connectivity index (χ1v) is 6.01. The molecule has 17 heavy (non-hydrogen) atoms. The molecule has 0 radical (unpaired) electrons. The maximum absolute atomic E-state index is 11.5. The Morgan fingerprint density at radius 1 is 1.29 bits per heavy atom. The fourth-order valence-electron chi connectivity index (χ4n) is 1.50. The number of likely N-dealkylation sites (N-methyl/N-ethyl adjacent to an activating group) is 1. The molecule has 1 N–H and O–H groups in total. The predicted octanol–water partition coefficient (Wildman–Crippen LogP) is 0.642. The molecule has 0 fully saturated rings. The van der Waals surface area contributed by atoms with Gasteiger partial charge in [-0.25, -0.2) is 0 Å². The highest BCUT2D eigenvalue weighted by atomic mass is 16.5. The maximum atomic E-state index is 11.5. The van der Waals surface area contributed by atoms with Crippen molar-refractivity contribution in [1.82, 2.24) is 10.2 Å². The van der Waals surface area contributed by atoms with Crippen LogP contribution in [0.5, 0.6) is 0 Å². The topological polar surface area (TPSA) is 58.6 Å². The molecule has 100 valence electrons. The van der Waals surface area contributed by atoms with Gasteiger partial charge in [0.1, 0.15) is 0 Å². The minimum Gasteiger partial charge on any atom is -0.466 e. The van der Waals surface area contributed by atoms with E-state index >= 15 is 0 Å². The largest absolute Gasteiger partial charge is 0.466 e. The molecular weight excluding hydrogens is 220 g/mol. The summed E-state index contributed by atoms with van der Waals surface area (Å²) in [6.45, 7) is 8.62. The lowest BCUT2D eigenvalue weighted by Gasteiger charge is -2.20. The van der Waals surface area contributed by atoms with Gasteiger partial charge in [0.2, 0.25) is 5.91 Å². The minimum absolute atomic E-state index is 0.0291. The third-order valence-electron chi connectivity index (χ3n) is 2.14. The van der Waals surface area contributed by atoms with Gasteiger partial charge in [0.25, 0.3) is 0 Å². The first-order chi connectivity index (χ1) is 7.86. The number of esters is 1. The number of ether oxygens (including phenoxy) is 1. The van der Waals surface area contributed by atoms with Crippen molar-refractivity contribution in [3.05, 3.63) is 0 Å². The average molecular weight is 244 g/mol. The summed E-state index contributed by atoms with van der Waals surface area (Å²) in [4.78, 5) is 24.7. The van der Waals surface area contributed by atoms with E-state index in [1.807, 2.05) is 25.8 Å². The lowest BCUT2D eigenvalue weighted by Crippen LogP contribution is -2.40. The molecule has 1 unspecified atom stereocenters. The van der Waals surface area contributed by atoms with Crippen LogP contribution in [0.3, 0.4) is 0 Å². The molecule has 5 heteroatoms. The molecule has 0 aliphatic carbocycles. The van der Waals surface area contributed by atoms with Gasteiger partial charge in [-0.15, -0.1) is 0 Å². The van der Waals surface area contributed by atoms with Gasteiger partial charge >= 0.3 is 5.97 Å². The van der Waals surface area contributed by atoms with Crippen molar-refractivity contribution in [2.45, 2.75) is 33.7 Å². The second-order valence-electron chi connectivity index (χ2n) is 4.57. The first kappa shape index (κ1) is 15.9. The van der Waals surface area contributed by atoms with Gasteiger partial charge < -0.3 is 10.1 Å². The summed E-state index contributed by atoms with van der Waals surface area (Å²) in [5.74, 6) is -0.464. The number of amides is 1. The number of carbonyl (C=O) groups is 2. The molecule has 0 aromatic rings. The van der Waals surface area contributed by atoms with Crippen LogP contribution < -0.4 is 5.32 Å². The third-order valence-corrected chi connectivity index (χ3v) is 2.14. The molecule has 0 aliphatic heterocycles. The van der Waals surface area contributed by atoms with E-state index in [1.165, 1.54) is 0 Å². The summed E-state index contributed by atoms with van der Waals surface area (Å²) in [5, 5.41) is 2.80. The molecule has 1 atom stereocenters. The summed E-state index contributed by atoms with van der Waals surface area (Å²) in [6, 6.07) is 0.137. The van der Waals surface area contributed by atoms with Crippen molar-refractivity contribution in [2.24, 2.45) is 5.92 Å². The van der Waals surface area contributed by atoms with E-state index in [9.17, 15) is 9.59 Å². The highest BCUT2D eigenvalue weighted by Gasteiger charge is 2.17. The summed E-state index contributed by atoms with van der Waals surface area (Å²) in [6.07, 6.45) is 0. The second-order valence-corrected chi connectivity index (χ2v) is 4.57. The van der Waals surface area contributed by atoms with Crippen LogP contribution in [0.2, 0.25) is 0 Å². The molecule has 0 rings (SSSR count). The lowest BCUT2D eigenvalue weighted by molar-refractivity contribution is -0.148. The lowest BCUT2D eigenvalue weighted by atomic mass is 10.2. The standard InChI is InChI=1S/C12H24N2O3/c1-6-17-12(16)10(4)7-14(5)8-11(15)13-9(2)3/h9-10H,6-8H2,1-5H3,(H,13,15). The molecule has 0 bridgehead atoms. The predicted molar refractivity (Wildman–Crippen MR) is 66.6 cm³/mol. The zero-order valence-corrected chi connectivity index (χ0v) is 11.4. The number of hydrogen-bond acceptors (Lipinski definition) is 4. The zero-order valence-electron chi connectivity index (χ0n) is 11.4. The van der Waals surface area contributed by atoms with Crippen LogP contribution >= 0.6 is 0 Å². The van der Waals surface area contributed by atoms with Gasteiger partial charge in [-0.05, 0) is 27.8 Å². The molecule has 0 saturated heterocycles. The van der Waals surface area contributed by atoms with E-state index in [-0.39, 0.29) is 23.8 Å². The van der Waals surface area contributed by atoms with Gasteiger partial charge in [-0.2, -0.15) is 0 Å². The van der Waals surface area contributed by atoms with E-state index in [1.54, 1.807) is 13.8 Å². The van der Waals surface area contributed by atoms with E-state index < -0.39 is 0 Å². The minimum atomic E-state index is -0.219. The van der Waals surface area contributed by atoms with Crippen LogP contribution in [-0.4, -0.2) is 49.6 Å². The number of rotatable bonds is 7. The summed E-state index contributed by atoms with van der Waals surface area (Å²) >= 11 is 0. The van der Waals surface area contributed by atoms with Gasteiger partial charge in [0, 0.05) is 12.6 Å². The monoisotopic (exact) mass is 244 g/mol. The van der Waals surface area contributed by atoms with E-state index in [0.29, 0.717) is 19.7 Å². The van der Waals surface area contributed by atoms with Crippen LogP contribution in [0.25, 0.3) is 0 Å². The zero-order chi connectivity index (χ0) is 13.4. The van der Waals surface area contributed by atoms with Crippen LogP contribution in [0.1, 0.15) is 27.7 Å². The van der Waals surface area contributed by atoms with E-state index in [0.717, 1.165) is 0 Å². The number of nitrogens with zero attached hydrogens (tertiary/aromatic N) is 1. The SMILES string of the molecule is CCOC(=O)C(C)CN(C)CC(=O)NC(C)C. The Hall–Kier alpha value is -1.10. The van der Waals surface area contributed by atoms with E-state index in [4.69, 9.17) is 4.74 Å². The Labute approximate surface area is 103 Å². The maximum Gasteiger partial charge on any atom is 0.309 e. The van der Waals surface area contributed by atoms with Crippen molar-refractivity contribution in [2.75, 3.05) is 26.7 Å². The Balaban J connectivity index is 3.96. The van der Waals surface area contributed by atoms with Crippen molar-refractivity contribution in [3.63, 3.8) is 0 Å². The molecule has 0 saturated carbocycles. The summed E-state index contributed by atoms with van der Waals surface area (Å²) in [5.41, 5.74) is 0. The average Bonchev–Trinajstić information content (AvgIpc) is 2.15. The van der Waals surface area contributed by atoms with Crippen molar-refractivity contribution in [1.29, 1.82) is 0 Å². The van der Waals surface area contributed by atoms with Gasteiger partial charge in [-0.1, -0.05) is 6.92 Å². The van der Waals surface area contributed by atoms with Crippen LogP contribution in [0.4, 0.5) is 0 Å². The molecular formula is C12H24N2O3. The highest BCUT2D eigenvalue weighted by Crippen LogP contribution is 2.01. The summed E-state index contributed by atoms with van der Waals surface area (Å²) in [7, 11) is 1.82. The molecule has 0 aromatic heterocycles. The van der Waals surface area contributed by atoms with Crippen LogP contribution in [-0.2, 0) is 14.3 Å². The van der Waals surface area contributed by atoms with Crippen molar-refractivity contribution in [3.8, 4) is 0 Å². The Morgan fingerprint density at radius 2 is 1.88 bits per heavy atom. The molecule has 0 heterocycles. The normalized spacial score (nSPS) is 12.6. The number of nitrogens with one attached hydrogen (secondary N) is 1. The summed E-state index contributed by atoms with van der Waals surface area (Å²) < 4.78 is 4.91. The highest BCUT2D eigenvalue weighted by molar-refractivity contribution is 5.78. The van der Waals surface area contributed by atoms with Crippen molar-refractivity contribution < 1.29 is 14.3 Å². The fourth-order valence-corrected chi connectivity index (χ4v) is 1.50. The third kappa shape index (κ3) is 7.74. The Kier molecular flexibility index (Phi) is 7.54. The van der Waals surface area contributed by atoms with Gasteiger partial charge in [0.05, 0.1) is 19.1 Å². The van der Waals surface area contributed by atoms with Crippen molar-refractivity contribution >= 4 is 11.9 Å². The van der Waals surface area contributed by atoms with E-state index in [2.05, 4.69) is 5.32 Å². The Bertz CT molecular complexity index is 254. The number of carbonyl (C=O) groups excluding carboxylic acids is 2. The second kappa shape index (κ2) is 8.06. The first-order valence-electron chi connectivity index (χ1n) is 6.01. The molecule has 0 spiro atoms. The van der Waals surface area contributed by atoms with Gasteiger partial charge in [0.15, 0.2) is 0 Å². The molecule has 5 nitrogen and oxygen atoms in total. The fraction of sp³-hybridized carbons (Fsp3) is 0.833. The van der Waals surface area contributed by atoms with Gasteiger partial charge in [-0.3, -0.25) is 14.5 Å². The molecule has 0 aromatic carbocycles. The molecule has 1 amide bonds. The van der Waals surface area contributed by atoms with Crippen LogP contribution in [0.15, 0.2) is 0 Å². The number of hydrogen-bond donors (Lipinski definition) is 1. The molecule has 0 aliphatic rings. The Morgan fingerprint density at radius 3 is 2.35 bits per heavy atom. The van der Waals surface area contributed by atoms with Crippen LogP contribution in [0, 0.1) is 5.92 Å².